The molecule has 27 heavy (non-hydrogen) atoms. The van der Waals surface area contributed by atoms with Gasteiger partial charge in [0.2, 0.25) is 0 Å². The molecule has 0 unspecified atom stereocenters. The molecule has 1 atom stereocenters. The molecule has 2 N–H and O–H groups in total. The molecule has 142 valence electrons. The van der Waals surface area contributed by atoms with Crippen LogP contribution in [0.5, 0.6) is 0 Å². The number of nitrogens with zero attached hydrogens (tertiary/aromatic N) is 2. The van der Waals surface area contributed by atoms with Crippen LogP contribution in [0.15, 0.2) is 52.6 Å². The Morgan fingerprint density at radius 1 is 1.22 bits per heavy atom. The van der Waals surface area contributed by atoms with Crippen LogP contribution in [0, 0.1) is 5.82 Å². The van der Waals surface area contributed by atoms with Crippen molar-refractivity contribution in [2.24, 2.45) is 4.99 Å². The molecule has 0 spiro atoms. The highest BCUT2D eigenvalue weighted by Gasteiger charge is 2.19. The van der Waals surface area contributed by atoms with Gasteiger partial charge in [0.25, 0.3) is 0 Å². The molecule has 0 aliphatic carbocycles. The molecule has 2 aromatic rings. The Labute approximate surface area is 157 Å². The van der Waals surface area contributed by atoms with Crippen LogP contribution in [-0.2, 0) is 9.84 Å². The smallest absolute Gasteiger partial charge is 0.192 e. The summed E-state index contributed by atoms with van der Waals surface area (Å²) in [6.45, 7) is -0.0853. The summed E-state index contributed by atoms with van der Waals surface area (Å²) in [6.07, 6.45) is 5.60. The number of pyridine rings is 1. The van der Waals surface area contributed by atoms with Crippen molar-refractivity contribution in [3.8, 4) is 0 Å². The molecule has 0 amide bonds. The number of aliphatic hydroxyl groups is 1. The lowest BCUT2D eigenvalue weighted by atomic mass is 10.0. The van der Waals surface area contributed by atoms with Gasteiger partial charge < -0.3 is 10.4 Å². The molecular formula is C19H20FN3O3S. The number of aliphatic imine (C=N–C) groups is 1. The summed E-state index contributed by atoms with van der Waals surface area (Å²) in [6, 6.07) is 8.81. The fourth-order valence-electron chi connectivity index (χ4n) is 2.79. The topological polar surface area (TPSA) is 91.7 Å². The van der Waals surface area contributed by atoms with E-state index in [0.717, 1.165) is 6.26 Å². The molecule has 1 aromatic heterocycles. The molecule has 1 aliphatic rings. The lowest BCUT2D eigenvalue weighted by Crippen LogP contribution is -2.32. The van der Waals surface area contributed by atoms with Crippen LogP contribution < -0.4 is 5.32 Å². The van der Waals surface area contributed by atoms with Crippen LogP contribution in [0.1, 0.15) is 24.0 Å². The van der Waals surface area contributed by atoms with E-state index < -0.39 is 9.84 Å². The van der Waals surface area contributed by atoms with Gasteiger partial charge in [0, 0.05) is 35.8 Å². The number of nitrogens with one attached hydrogen (secondary N) is 1. The average Bonchev–Trinajstić information content (AvgIpc) is 2.62. The van der Waals surface area contributed by atoms with E-state index in [1.54, 1.807) is 24.4 Å². The standard InChI is InChI=1S/C19H20FN3O3S/c1-27(25,26)17-11-14(8-10-21-17)19-18(13-4-6-15(20)7-5-13)22-9-2-3-16(12-24)23-19/h4-11,16,23-24H,2-3,12H2,1H3/b19-18-,22-9?/t16-/m0/s1. The number of rotatable bonds is 4. The predicted octanol–water partition coefficient (Wildman–Crippen LogP) is 2.27. The Morgan fingerprint density at radius 3 is 2.63 bits per heavy atom. The van der Waals surface area contributed by atoms with Crippen LogP contribution in [0.25, 0.3) is 11.4 Å². The number of hydrogen-bond donors (Lipinski definition) is 2. The van der Waals surface area contributed by atoms with E-state index in [1.165, 1.54) is 24.4 Å². The zero-order valence-corrected chi connectivity index (χ0v) is 15.6. The van der Waals surface area contributed by atoms with E-state index in [2.05, 4.69) is 15.3 Å². The summed E-state index contributed by atoms with van der Waals surface area (Å²) >= 11 is 0. The highest BCUT2D eigenvalue weighted by molar-refractivity contribution is 7.90. The van der Waals surface area contributed by atoms with Gasteiger partial charge in [0.1, 0.15) is 5.82 Å². The molecule has 0 fully saturated rings. The number of hydrogen-bond acceptors (Lipinski definition) is 6. The van der Waals surface area contributed by atoms with Crippen molar-refractivity contribution < 1.29 is 17.9 Å². The number of aromatic nitrogens is 1. The third-order valence-electron chi connectivity index (χ3n) is 4.19. The second-order valence-corrected chi connectivity index (χ2v) is 8.26. The molecule has 0 saturated carbocycles. The summed E-state index contributed by atoms with van der Waals surface area (Å²) in [4.78, 5) is 8.44. The minimum absolute atomic E-state index is 0.0562. The van der Waals surface area contributed by atoms with Gasteiger partial charge in [0.05, 0.1) is 18.0 Å². The van der Waals surface area contributed by atoms with E-state index in [1.807, 2.05) is 0 Å². The molecule has 0 radical (unpaired) electrons. The first kappa shape index (κ1) is 19.2. The fraction of sp³-hybridized carbons (Fsp3) is 0.263. The number of sulfone groups is 1. The Morgan fingerprint density at radius 2 is 1.96 bits per heavy atom. The van der Waals surface area contributed by atoms with Crippen LogP contribution in [-0.4, -0.2) is 43.6 Å². The molecule has 2 heterocycles. The number of benzene rings is 1. The van der Waals surface area contributed by atoms with E-state index in [4.69, 9.17) is 0 Å². The van der Waals surface area contributed by atoms with E-state index >= 15 is 0 Å². The van der Waals surface area contributed by atoms with Gasteiger partial charge in [-0.05, 0) is 49.2 Å². The maximum absolute atomic E-state index is 13.3. The summed E-state index contributed by atoms with van der Waals surface area (Å²) in [5, 5.41) is 12.9. The van der Waals surface area contributed by atoms with Crippen molar-refractivity contribution in [2.45, 2.75) is 23.9 Å². The second-order valence-electron chi connectivity index (χ2n) is 6.30. The van der Waals surface area contributed by atoms with Gasteiger partial charge >= 0.3 is 0 Å². The van der Waals surface area contributed by atoms with Gasteiger partial charge in [-0.25, -0.2) is 17.8 Å². The zero-order valence-electron chi connectivity index (χ0n) is 14.8. The SMILES string of the molecule is CS(=O)(=O)c1cc(/C2=C(\c3ccc(F)cc3)N=CCC[C@@H](CO)N2)ccn1. The summed E-state index contributed by atoms with van der Waals surface area (Å²) in [7, 11) is -3.49. The monoisotopic (exact) mass is 389 g/mol. The van der Waals surface area contributed by atoms with Crippen molar-refractivity contribution in [1.29, 1.82) is 0 Å². The molecule has 3 rings (SSSR count). The summed E-state index contributed by atoms with van der Waals surface area (Å²) in [5.41, 5.74) is 2.34. The van der Waals surface area contributed by atoms with Gasteiger partial charge in [-0.1, -0.05) is 0 Å². The highest BCUT2D eigenvalue weighted by atomic mass is 32.2. The third-order valence-corrected chi connectivity index (χ3v) is 5.17. The van der Waals surface area contributed by atoms with Gasteiger partial charge in [-0.2, -0.15) is 0 Å². The minimum atomic E-state index is -3.49. The molecule has 1 aliphatic heterocycles. The van der Waals surface area contributed by atoms with Crippen molar-refractivity contribution in [3.05, 3.63) is 59.5 Å². The first-order valence-electron chi connectivity index (χ1n) is 8.45. The van der Waals surface area contributed by atoms with E-state index in [9.17, 15) is 17.9 Å². The lowest BCUT2D eigenvalue weighted by Gasteiger charge is -2.23. The highest BCUT2D eigenvalue weighted by Crippen LogP contribution is 2.28. The molecule has 1 aromatic carbocycles. The van der Waals surface area contributed by atoms with Crippen LogP contribution >= 0.6 is 0 Å². The fourth-order valence-corrected chi connectivity index (χ4v) is 3.39. The predicted molar refractivity (Wildman–Crippen MR) is 102 cm³/mol. The second kappa shape index (κ2) is 7.98. The zero-order chi connectivity index (χ0) is 19.4. The van der Waals surface area contributed by atoms with Crippen LogP contribution in [0.3, 0.4) is 0 Å². The van der Waals surface area contributed by atoms with Crippen molar-refractivity contribution in [3.63, 3.8) is 0 Å². The van der Waals surface area contributed by atoms with Crippen molar-refractivity contribution in [1.82, 2.24) is 10.3 Å². The first-order valence-corrected chi connectivity index (χ1v) is 10.3. The van der Waals surface area contributed by atoms with Crippen molar-refractivity contribution in [2.75, 3.05) is 12.9 Å². The van der Waals surface area contributed by atoms with E-state index in [-0.39, 0.29) is 23.5 Å². The number of aliphatic hydroxyl groups excluding tert-OH is 1. The Hall–Kier alpha value is -2.58. The average molecular weight is 389 g/mol. The number of halogens is 1. The third kappa shape index (κ3) is 4.58. The molecule has 0 saturated heterocycles. The summed E-state index contributed by atoms with van der Waals surface area (Å²) < 4.78 is 37.1. The van der Waals surface area contributed by atoms with Gasteiger partial charge in [-0.3, -0.25) is 4.99 Å². The van der Waals surface area contributed by atoms with E-state index in [0.29, 0.717) is 35.4 Å². The maximum atomic E-state index is 13.3. The molecular weight excluding hydrogens is 369 g/mol. The lowest BCUT2D eigenvalue weighted by molar-refractivity contribution is 0.249. The Balaban J connectivity index is 2.21. The minimum Gasteiger partial charge on any atom is -0.394 e. The van der Waals surface area contributed by atoms with Crippen LogP contribution in [0.4, 0.5) is 4.39 Å². The largest absolute Gasteiger partial charge is 0.394 e. The molecule has 6 nitrogen and oxygen atoms in total. The Kier molecular flexibility index (Phi) is 5.67. The normalized spacial score (nSPS) is 20.6. The van der Waals surface area contributed by atoms with Crippen LogP contribution in [0.2, 0.25) is 0 Å². The molecule has 8 heteroatoms. The van der Waals surface area contributed by atoms with Gasteiger partial charge in [0.15, 0.2) is 14.9 Å². The first-order chi connectivity index (χ1) is 12.9. The molecule has 0 bridgehead atoms. The summed E-state index contributed by atoms with van der Waals surface area (Å²) in [5.74, 6) is -0.361. The van der Waals surface area contributed by atoms with Gasteiger partial charge in [-0.15, -0.1) is 0 Å². The van der Waals surface area contributed by atoms with Crippen molar-refractivity contribution >= 4 is 27.4 Å². The Bertz CT molecular complexity index is 986. The maximum Gasteiger partial charge on any atom is 0.192 e. The quantitative estimate of drug-likeness (QED) is 0.837.